The molecule has 0 saturated carbocycles. The number of nitrogens with zero attached hydrogens (tertiary/aromatic N) is 2. The molecule has 2 aliphatic rings. The number of hydrogen-bond acceptors (Lipinski definition) is 5. The first-order valence-electron chi connectivity index (χ1n) is 12.0. The number of nitrogens with one attached hydrogen (secondary N) is 1. The quantitative estimate of drug-likeness (QED) is 0.507. The lowest BCUT2D eigenvalue weighted by atomic mass is 9.88. The van der Waals surface area contributed by atoms with Crippen LogP contribution in [0.15, 0.2) is 36.4 Å². The molecule has 1 atom stereocenters. The zero-order valence-electron chi connectivity index (χ0n) is 18.9. The first-order chi connectivity index (χ1) is 16.0. The predicted octanol–water partition coefficient (Wildman–Crippen LogP) is 4.91. The Labute approximate surface area is 200 Å². The first kappa shape index (κ1) is 23.7. The number of aliphatic carboxylic acids is 1. The van der Waals surface area contributed by atoms with Gasteiger partial charge in [-0.3, -0.25) is 14.5 Å². The summed E-state index contributed by atoms with van der Waals surface area (Å²) >= 11 is 6.06. The molecule has 2 N–H and O–H groups in total. The van der Waals surface area contributed by atoms with Gasteiger partial charge >= 0.3 is 5.97 Å². The van der Waals surface area contributed by atoms with Crippen LogP contribution in [0.25, 0.3) is 0 Å². The van der Waals surface area contributed by atoms with E-state index in [-0.39, 0.29) is 5.92 Å². The van der Waals surface area contributed by atoms with Crippen LogP contribution in [0.2, 0.25) is 5.02 Å². The number of carbonyl (C=O) groups excluding carboxylic acids is 1. The van der Waals surface area contributed by atoms with Crippen molar-refractivity contribution in [3.05, 3.63) is 58.2 Å². The monoisotopic (exact) mass is 469 g/mol. The molecule has 2 aliphatic heterocycles. The summed E-state index contributed by atoms with van der Waals surface area (Å²) in [5, 5.41) is 13.7. The summed E-state index contributed by atoms with van der Waals surface area (Å²) in [6, 6.07) is 10.6. The molecule has 6 nitrogen and oxygen atoms in total. The van der Waals surface area contributed by atoms with Crippen molar-refractivity contribution in [2.75, 3.05) is 25.0 Å². The van der Waals surface area contributed by atoms with Gasteiger partial charge in [0.2, 0.25) is 0 Å². The lowest BCUT2D eigenvalue weighted by molar-refractivity contribution is -0.144. The molecule has 4 rings (SSSR count). The van der Waals surface area contributed by atoms with Crippen molar-refractivity contribution in [2.24, 2.45) is 5.92 Å². The summed E-state index contributed by atoms with van der Waals surface area (Å²) < 4.78 is 0. The number of aromatic nitrogens is 1. The molecule has 2 aromatic rings. The zero-order chi connectivity index (χ0) is 23.2. The number of carboxylic acid groups (broad SMARTS) is 1. The zero-order valence-corrected chi connectivity index (χ0v) is 19.7. The van der Waals surface area contributed by atoms with Gasteiger partial charge in [0.1, 0.15) is 17.6 Å². The molecule has 33 heavy (non-hydrogen) atoms. The Morgan fingerprint density at radius 2 is 2.00 bits per heavy atom. The lowest BCUT2D eigenvalue weighted by Crippen LogP contribution is -2.41. The third kappa shape index (κ3) is 6.12. The van der Waals surface area contributed by atoms with Gasteiger partial charge in [-0.05, 0) is 87.4 Å². The molecule has 7 heteroatoms. The van der Waals surface area contributed by atoms with Crippen molar-refractivity contribution < 1.29 is 14.7 Å². The SMILES string of the molecule is O=C(CCCCc1ccc2c(n1)NCCC2)C1CCN(C(C(=O)O)c2cccc(Cl)c2)CC1. The molecule has 0 bridgehead atoms. The number of aryl methyl sites for hydroxylation is 2. The highest BCUT2D eigenvalue weighted by molar-refractivity contribution is 6.30. The summed E-state index contributed by atoms with van der Waals surface area (Å²) in [6.07, 6.45) is 6.97. The number of Topliss-reactive ketones (excluding diaryl/α,β-unsaturated/α-hetero) is 1. The van der Waals surface area contributed by atoms with Gasteiger partial charge in [-0.2, -0.15) is 0 Å². The average Bonchev–Trinajstić information content (AvgIpc) is 2.82. The van der Waals surface area contributed by atoms with E-state index in [1.54, 1.807) is 24.3 Å². The number of likely N-dealkylation sites (tertiary alicyclic amines) is 1. The normalized spacial score (nSPS) is 17.7. The van der Waals surface area contributed by atoms with Crippen LogP contribution in [0.5, 0.6) is 0 Å². The number of anilines is 1. The molecular formula is C26H32ClN3O3. The Morgan fingerprint density at radius 1 is 1.18 bits per heavy atom. The van der Waals surface area contributed by atoms with Crippen molar-refractivity contribution in [3.8, 4) is 0 Å². The van der Waals surface area contributed by atoms with Crippen molar-refractivity contribution in [3.63, 3.8) is 0 Å². The molecule has 176 valence electrons. The van der Waals surface area contributed by atoms with E-state index in [2.05, 4.69) is 17.4 Å². The Bertz CT molecular complexity index is 988. The van der Waals surface area contributed by atoms with Gasteiger partial charge in [0.05, 0.1) is 0 Å². The van der Waals surface area contributed by atoms with Crippen molar-refractivity contribution in [1.29, 1.82) is 0 Å². The average molecular weight is 470 g/mol. The Morgan fingerprint density at radius 3 is 2.76 bits per heavy atom. The first-order valence-corrected chi connectivity index (χ1v) is 12.4. The van der Waals surface area contributed by atoms with Crippen LogP contribution in [0.4, 0.5) is 5.82 Å². The maximum absolute atomic E-state index is 12.7. The third-order valence-corrected chi connectivity index (χ3v) is 7.04. The fourth-order valence-corrected chi connectivity index (χ4v) is 5.18. The van der Waals surface area contributed by atoms with Gasteiger partial charge in [-0.1, -0.05) is 29.8 Å². The molecule has 0 radical (unpaired) electrons. The second-order valence-electron chi connectivity index (χ2n) is 9.12. The predicted molar refractivity (Wildman–Crippen MR) is 130 cm³/mol. The molecule has 0 aliphatic carbocycles. The van der Waals surface area contributed by atoms with Gasteiger partial charge < -0.3 is 10.4 Å². The third-order valence-electron chi connectivity index (χ3n) is 6.81. The number of pyridine rings is 1. The molecule has 1 fully saturated rings. The van der Waals surface area contributed by atoms with Gasteiger partial charge in [0.25, 0.3) is 0 Å². The second-order valence-corrected chi connectivity index (χ2v) is 9.56. The van der Waals surface area contributed by atoms with Crippen LogP contribution in [-0.2, 0) is 22.4 Å². The Balaban J connectivity index is 1.22. The van der Waals surface area contributed by atoms with E-state index in [1.807, 2.05) is 4.90 Å². The Hall–Kier alpha value is -2.44. The van der Waals surface area contributed by atoms with Crippen LogP contribution in [0.1, 0.15) is 61.4 Å². The van der Waals surface area contributed by atoms with Gasteiger partial charge in [-0.25, -0.2) is 4.98 Å². The van der Waals surface area contributed by atoms with E-state index in [4.69, 9.17) is 16.6 Å². The number of rotatable bonds is 9. The van der Waals surface area contributed by atoms with E-state index in [9.17, 15) is 14.7 Å². The Kier molecular flexibility index (Phi) is 7.99. The number of ketones is 1. The summed E-state index contributed by atoms with van der Waals surface area (Å²) in [5.41, 5.74) is 3.07. The minimum atomic E-state index is -0.881. The molecule has 1 aromatic carbocycles. The molecule has 0 amide bonds. The minimum Gasteiger partial charge on any atom is -0.480 e. The van der Waals surface area contributed by atoms with E-state index in [0.717, 1.165) is 50.2 Å². The fourth-order valence-electron chi connectivity index (χ4n) is 4.98. The highest BCUT2D eigenvalue weighted by Gasteiger charge is 2.32. The van der Waals surface area contributed by atoms with Crippen LogP contribution in [-0.4, -0.2) is 46.4 Å². The van der Waals surface area contributed by atoms with Gasteiger partial charge in [-0.15, -0.1) is 0 Å². The summed E-state index contributed by atoms with van der Waals surface area (Å²) in [4.78, 5) is 31.4. The largest absolute Gasteiger partial charge is 0.480 e. The molecule has 0 spiro atoms. The maximum Gasteiger partial charge on any atom is 0.325 e. The number of carbonyl (C=O) groups is 2. The number of piperidine rings is 1. The number of halogens is 1. The van der Waals surface area contributed by atoms with Crippen molar-refractivity contribution >= 4 is 29.2 Å². The van der Waals surface area contributed by atoms with E-state index in [0.29, 0.717) is 48.7 Å². The smallest absolute Gasteiger partial charge is 0.325 e. The van der Waals surface area contributed by atoms with Crippen molar-refractivity contribution in [2.45, 2.75) is 57.4 Å². The van der Waals surface area contributed by atoms with E-state index < -0.39 is 12.0 Å². The number of unbranched alkanes of at least 4 members (excludes halogenated alkanes) is 1. The van der Waals surface area contributed by atoms with E-state index in [1.165, 1.54) is 5.56 Å². The number of benzene rings is 1. The maximum atomic E-state index is 12.7. The molecular weight excluding hydrogens is 438 g/mol. The highest BCUT2D eigenvalue weighted by Crippen LogP contribution is 2.30. The number of fused-ring (bicyclic) bond motifs is 1. The fraction of sp³-hybridized carbons (Fsp3) is 0.500. The minimum absolute atomic E-state index is 0.0288. The lowest BCUT2D eigenvalue weighted by Gasteiger charge is -2.35. The van der Waals surface area contributed by atoms with Crippen LogP contribution in [0, 0.1) is 5.92 Å². The van der Waals surface area contributed by atoms with Gasteiger partial charge in [0.15, 0.2) is 0 Å². The summed E-state index contributed by atoms with van der Waals surface area (Å²) in [6.45, 7) is 2.20. The second kappa shape index (κ2) is 11.1. The van der Waals surface area contributed by atoms with Crippen LogP contribution >= 0.6 is 11.6 Å². The number of hydrogen-bond donors (Lipinski definition) is 2. The van der Waals surface area contributed by atoms with Crippen LogP contribution < -0.4 is 5.32 Å². The van der Waals surface area contributed by atoms with Crippen molar-refractivity contribution in [1.82, 2.24) is 9.88 Å². The summed E-state index contributed by atoms with van der Waals surface area (Å²) in [7, 11) is 0. The molecule has 1 unspecified atom stereocenters. The molecule has 3 heterocycles. The van der Waals surface area contributed by atoms with Gasteiger partial charge in [0, 0.05) is 29.6 Å². The number of carboxylic acids is 1. The topological polar surface area (TPSA) is 82.5 Å². The standard InChI is InChI=1S/C26H32ClN3O3/c27-21-7-3-5-20(17-21)24(26(32)33)30-15-12-18(13-16-30)23(31)9-2-1-8-22-11-10-19-6-4-14-28-25(19)29-22/h3,5,7,10-11,17-18,24H,1-2,4,6,8-9,12-16H2,(H,28,29)(H,32,33). The molecule has 1 aromatic heterocycles. The highest BCUT2D eigenvalue weighted by atomic mass is 35.5. The van der Waals surface area contributed by atoms with E-state index >= 15 is 0 Å². The molecule has 1 saturated heterocycles. The van der Waals surface area contributed by atoms with Crippen LogP contribution in [0.3, 0.4) is 0 Å². The summed E-state index contributed by atoms with van der Waals surface area (Å²) in [5.74, 6) is 0.484.